The number of benzene rings is 1. The Labute approximate surface area is 116 Å². The number of nitrogens with one attached hydrogen (secondary N) is 1. The number of hydrogen-bond donors (Lipinski definition) is 2. The molecule has 0 radical (unpaired) electrons. The third-order valence-electron chi connectivity index (χ3n) is 2.02. The maximum Gasteiger partial charge on any atom is 0.273 e. The van der Waals surface area contributed by atoms with Crippen LogP contribution in [0.2, 0.25) is 15.1 Å². The van der Waals surface area contributed by atoms with E-state index in [2.05, 4.69) is 9.97 Å². The molecule has 0 fully saturated rings. The van der Waals surface area contributed by atoms with Crippen molar-refractivity contribution >= 4 is 40.5 Å². The molecule has 1 aromatic carbocycles. The summed E-state index contributed by atoms with van der Waals surface area (Å²) in [5, 5.41) is 0.385. The number of hydrogen-bond acceptors (Lipinski definition) is 4. The summed E-state index contributed by atoms with van der Waals surface area (Å²) in [5.74, 6) is 0.148. The minimum atomic E-state index is -0.514. The van der Waals surface area contributed by atoms with E-state index in [9.17, 15) is 4.79 Å². The Morgan fingerprint density at radius 2 is 1.89 bits per heavy atom. The van der Waals surface area contributed by atoms with Crippen LogP contribution in [0.4, 0.5) is 5.69 Å². The Balaban J connectivity index is 2.43. The molecule has 0 aliphatic rings. The van der Waals surface area contributed by atoms with Crippen molar-refractivity contribution in [3.8, 4) is 11.6 Å². The van der Waals surface area contributed by atoms with Gasteiger partial charge in [0.15, 0.2) is 10.8 Å². The quantitative estimate of drug-likeness (QED) is 0.835. The molecular weight excluding hydrogens is 300 g/mol. The molecule has 0 aliphatic carbocycles. The van der Waals surface area contributed by atoms with Crippen LogP contribution in [0.5, 0.6) is 11.6 Å². The van der Waals surface area contributed by atoms with Crippen LogP contribution in [0, 0.1) is 0 Å². The molecule has 0 bridgehead atoms. The Morgan fingerprint density at radius 3 is 2.61 bits per heavy atom. The number of nitrogens with two attached hydrogens (primary N) is 1. The number of aromatic nitrogens is 2. The van der Waals surface area contributed by atoms with E-state index in [1.165, 1.54) is 12.1 Å². The van der Waals surface area contributed by atoms with Gasteiger partial charge >= 0.3 is 0 Å². The number of anilines is 1. The van der Waals surface area contributed by atoms with Crippen LogP contribution in [0.15, 0.2) is 23.3 Å². The Morgan fingerprint density at radius 1 is 1.22 bits per heavy atom. The number of aromatic amines is 1. The molecule has 8 heteroatoms. The molecule has 2 rings (SSSR count). The number of H-pyrrole nitrogens is 1. The number of ether oxygens (including phenoxy) is 1. The molecule has 0 saturated carbocycles. The van der Waals surface area contributed by atoms with Crippen molar-refractivity contribution in [2.24, 2.45) is 0 Å². The van der Waals surface area contributed by atoms with E-state index in [1.807, 2.05) is 0 Å². The van der Waals surface area contributed by atoms with Gasteiger partial charge in [0.1, 0.15) is 0 Å². The van der Waals surface area contributed by atoms with Crippen LogP contribution < -0.4 is 16.0 Å². The highest BCUT2D eigenvalue weighted by molar-refractivity contribution is 6.42. The zero-order valence-corrected chi connectivity index (χ0v) is 11.0. The normalized spacial score (nSPS) is 10.4. The van der Waals surface area contributed by atoms with Crippen LogP contribution in [0.1, 0.15) is 0 Å². The van der Waals surface area contributed by atoms with Gasteiger partial charge in [-0.2, -0.15) is 0 Å². The van der Waals surface area contributed by atoms with Gasteiger partial charge in [-0.15, -0.1) is 0 Å². The van der Waals surface area contributed by atoms with Crippen molar-refractivity contribution in [1.29, 1.82) is 0 Å². The van der Waals surface area contributed by atoms with Gasteiger partial charge in [-0.3, -0.25) is 4.79 Å². The van der Waals surface area contributed by atoms with Crippen molar-refractivity contribution in [2.45, 2.75) is 0 Å². The lowest BCUT2D eigenvalue weighted by Gasteiger charge is -2.09. The zero-order valence-electron chi connectivity index (χ0n) is 8.71. The Bertz CT molecular complexity index is 657. The van der Waals surface area contributed by atoms with E-state index < -0.39 is 5.56 Å². The smallest absolute Gasteiger partial charge is 0.273 e. The van der Waals surface area contributed by atoms with E-state index in [0.717, 1.165) is 6.33 Å². The number of nitrogen functional groups attached to an aromatic ring is 1. The summed E-state index contributed by atoms with van der Waals surface area (Å²) >= 11 is 17.4. The molecule has 0 saturated heterocycles. The van der Waals surface area contributed by atoms with Crippen molar-refractivity contribution < 1.29 is 4.74 Å². The molecule has 5 nitrogen and oxygen atoms in total. The lowest BCUT2D eigenvalue weighted by atomic mass is 10.3. The van der Waals surface area contributed by atoms with E-state index in [-0.39, 0.29) is 27.4 Å². The predicted octanol–water partition coefficient (Wildman–Crippen LogP) is 3.10. The maximum absolute atomic E-state index is 11.3. The molecule has 2 aromatic rings. The molecule has 1 aromatic heterocycles. The van der Waals surface area contributed by atoms with Crippen LogP contribution in [0.25, 0.3) is 0 Å². The fourth-order valence-corrected chi connectivity index (χ4v) is 1.64. The van der Waals surface area contributed by atoms with Crippen molar-refractivity contribution in [2.75, 3.05) is 5.73 Å². The van der Waals surface area contributed by atoms with Crippen molar-refractivity contribution in [1.82, 2.24) is 9.97 Å². The van der Waals surface area contributed by atoms with E-state index >= 15 is 0 Å². The van der Waals surface area contributed by atoms with Crippen molar-refractivity contribution in [3.05, 3.63) is 43.9 Å². The van der Waals surface area contributed by atoms with Crippen LogP contribution >= 0.6 is 34.8 Å². The summed E-state index contributed by atoms with van der Waals surface area (Å²) in [4.78, 5) is 17.3. The highest BCUT2D eigenvalue weighted by Crippen LogP contribution is 2.35. The second-order valence-electron chi connectivity index (χ2n) is 3.26. The molecule has 0 atom stereocenters. The fraction of sp³-hybridized carbons (Fsp3) is 0. The van der Waals surface area contributed by atoms with Crippen LogP contribution in [-0.4, -0.2) is 9.97 Å². The molecule has 0 spiro atoms. The lowest BCUT2D eigenvalue weighted by Crippen LogP contribution is -2.08. The number of rotatable bonds is 2. The first-order chi connectivity index (χ1) is 8.49. The topological polar surface area (TPSA) is 81.0 Å². The van der Waals surface area contributed by atoms with E-state index in [1.54, 1.807) is 0 Å². The molecular formula is C10H6Cl3N3O2. The third kappa shape index (κ3) is 2.53. The van der Waals surface area contributed by atoms with Gasteiger partial charge in [-0.25, -0.2) is 4.98 Å². The SMILES string of the molecule is Nc1cc(Cl)c(Cl)cc1Oc1nc[nH]c(=O)c1Cl. The Hall–Kier alpha value is -1.43. The third-order valence-corrected chi connectivity index (χ3v) is 3.08. The summed E-state index contributed by atoms with van der Waals surface area (Å²) < 4.78 is 5.33. The van der Waals surface area contributed by atoms with Gasteiger partial charge in [0, 0.05) is 6.07 Å². The van der Waals surface area contributed by atoms with E-state index in [4.69, 9.17) is 45.3 Å². The molecule has 3 N–H and O–H groups in total. The minimum absolute atomic E-state index is 0.0643. The van der Waals surface area contributed by atoms with Gasteiger partial charge in [-0.1, -0.05) is 34.8 Å². The van der Waals surface area contributed by atoms with Crippen molar-refractivity contribution in [3.63, 3.8) is 0 Å². The van der Waals surface area contributed by atoms with Gasteiger partial charge in [0.05, 0.1) is 22.1 Å². The largest absolute Gasteiger partial charge is 0.435 e. The minimum Gasteiger partial charge on any atom is -0.435 e. The maximum atomic E-state index is 11.3. The second-order valence-corrected chi connectivity index (χ2v) is 4.45. The highest BCUT2D eigenvalue weighted by atomic mass is 35.5. The summed E-state index contributed by atoms with van der Waals surface area (Å²) in [6.07, 6.45) is 1.16. The molecule has 0 amide bonds. The Kier molecular flexibility index (Phi) is 3.65. The second kappa shape index (κ2) is 5.06. The fourth-order valence-electron chi connectivity index (χ4n) is 1.17. The van der Waals surface area contributed by atoms with Gasteiger partial charge in [-0.05, 0) is 6.07 Å². The summed E-state index contributed by atoms with van der Waals surface area (Å²) in [5.41, 5.74) is 5.44. The van der Waals surface area contributed by atoms with Gasteiger partial charge in [0.25, 0.3) is 5.56 Å². The molecule has 18 heavy (non-hydrogen) atoms. The predicted molar refractivity (Wildman–Crippen MR) is 70.8 cm³/mol. The molecule has 0 unspecified atom stereocenters. The number of nitrogens with zero attached hydrogens (tertiary/aromatic N) is 1. The molecule has 94 valence electrons. The van der Waals surface area contributed by atoms with Crippen LogP contribution in [-0.2, 0) is 0 Å². The summed E-state index contributed by atoms with van der Waals surface area (Å²) in [6, 6.07) is 2.85. The van der Waals surface area contributed by atoms with E-state index in [0.29, 0.717) is 5.02 Å². The molecule has 0 aliphatic heterocycles. The van der Waals surface area contributed by atoms with Crippen LogP contribution in [0.3, 0.4) is 0 Å². The standard InChI is InChI=1S/C10H6Cl3N3O2/c11-4-1-6(14)7(2-5(4)12)18-10-8(13)9(17)15-3-16-10/h1-3H,14H2,(H,15,16,17). The molecule has 1 heterocycles. The lowest BCUT2D eigenvalue weighted by molar-refractivity contribution is 0.463. The summed E-state index contributed by atoms with van der Waals surface area (Å²) in [7, 11) is 0. The average Bonchev–Trinajstić information content (AvgIpc) is 2.32. The monoisotopic (exact) mass is 305 g/mol. The first-order valence-corrected chi connectivity index (χ1v) is 5.78. The van der Waals surface area contributed by atoms with Gasteiger partial charge < -0.3 is 15.5 Å². The number of halogens is 3. The first-order valence-electron chi connectivity index (χ1n) is 4.64. The zero-order chi connectivity index (χ0) is 13.3. The first kappa shape index (κ1) is 13.0. The average molecular weight is 307 g/mol. The summed E-state index contributed by atoms with van der Waals surface area (Å²) in [6.45, 7) is 0. The highest BCUT2D eigenvalue weighted by Gasteiger charge is 2.12. The van der Waals surface area contributed by atoms with Gasteiger partial charge in [0.2, 0.25) is 5.88 Å².